The normalized spacial score (nSPS) is 40.9. The summed E-state index contributed by atoms with van der Waals surface area (Å²) in [5, 5.41) is 10.9. The maximum absolute atomic E-state index is 9.24. The molecule has 48 valence electrons. The van der Waals surface area contributed by atoms with Gasteiger partial charge >= 0.3 is 0 Å². The average Bonchev–Trinajstić information content (AvgIpc) is 1.82. The second-order valence-corrected chi connectivity index (χ2v) is 2.72. The van der Waals surface area contributed by atoms with Crippen molar-refractivity contribution in [3.63, 3.8) is 0 Å². The van der Waals surface area contributed by atoms with Crippen LogP contribution in [0.25, 0.3) is 0 Å². The molecule has 1 saturated heterocycles. The summed E-state index contributed by atoms with van der Waals surface area (Å²) >= 11 is 0. The van der Waals surface area contributed by atoms with Crippen LogP contribution in [0.5, 0.6) is 0 Å². The first-order valence-corrected chi connectivity index (χ1v) is 2.82. The number of aliphatic hydroxyl groups is 1. The molecule has 0 aliphatic carbocycles. The van der Waals surface area contributed by atoms with Crippen LogP contribution < -0.4 is 5.84 Å². The largest absolute Gasteiger partial charge is 0.389 e. The molecule has 0 aromatic heterocycles. The van der Waals surface area contributed by atoms with Crippen molar-refractivity contribution < 1.29 is 5.11 Å². The number of rotatable bonds is 0. The van der Waals surface area contributed by atoms with Crippen molar-refractivity contribution in [2.45, 2.75) is 18.9 Å². The number of β-amino-alcohol motifs (C(OH)–C–C–N with tert-alkyl or cyclic N) is 1. The van der Waals surface area contributed by atoms with Crippen LogP contribution in [0.15, 0.2) is 0 Å². The van der Waals surface area contributed by atoms with E-state index in [0.29, 0.717) is 6.54 Å². The van der Waals surface area contributed by atoms with Crippen molar-refractivity contribution in [2.24, 2.45) is 5.84 Å². The maximum atomic E-state index is 9.24. The summed E-state index contributed by atoms with van der Waals surface area (Å²) in [6.07, 6.45) is 0.795. The second kappa shape index (κ2) is 1.69. The molecule has 3 N–H and O–H groups in total. The Balaban J connectivity index is 2.44. The van der Waals surface area contributed by atoms with Crippen LogP contribution >= 0.6 is 0 Å². The van der Waals surface area contributed by atoms with Crippen molar-refractivity contribution in [1.29, 1.82) is 0 Å². The molecule has 0 amide bonds. The van der Waals surface area contributed by atoms with Crippen LogP contribution in [0.2, 0.25) is 0 Å². The molecule has 1 fully saturated rings. The molecule has 1 atom stereocenters. The van der Waals surface area contributed by atoms with Gasteiger partial charge in [0, 0.05) is 13.1 Å². The van der Waals surface area contributed by atoms with E-state index in [4.69, 9.17) is 5.84 Å². The lowest BCUT2D eigenvalue weighted by Crippen LogP contribution is -2.33. The Morgan fingerprint density at radius 3 is 2.50 bits per heavy atom. The standard InChI is InChI=1S/C5H12N2O/c1-5(8)2-3-7(6)4-5/h8H,2-4,6H2,1H3/t5-/m0/s1. The molecule has 0 radical (unpaired) electrons. The van der Waals surface area contributed by atoms with E-state index in [1.807, 2.05) is 0 Å². The van der Waals surface area contributed by atoms with E-state index in [-0.39, 0.29) is 0 Å². The number of nitrogens with two attached hydrogens (primary N) is 1. The first-order valence-electron chi connectivity index (χ1n) is 2.82. The van der Waals surface area contributed by atoms with E-state index in [1.54, 1.807) is 11.9 Å². The van der Waals surface area contributed by atoms with E-state index in [2.05, 4.69) is 0 Å². The van der Waals surface area contributed by atoms with Crippen molar-refractivity contribution in [3.8, 4) is 0 Å². The zero-order chi connectivity index (χ0) is 6.20. The van der Waals surface area contributed by atoms with E-state index in [0.717, 1.165) is 13.0 Å². The highest BCUT2D eigenvalue weighted by molar-refractivity contribution is 4.82. The van der Waals surface area contributed by atoms with Gasteiger partial charge in [-0.1, -0.05) is 0 Å². The molecule has 1 rings (SSSR count). The Labute approximate surface area is 49.1 Å². The van der Waals surface area contributed by atoms with Crippen molar-refractivity contribution >= 4 is 0 Å². The van der Waals surface area contributed by atoms with Gasteiger partial charge in [0.15, 0.2) is 0 Å². The van der Waals surface area contributed by atoms with E-state index < -0.39 is 5.60 Å². The highest BCUT2D eigenvalue weighted by Crippen LogP contribution is 2.16. The van der Waals surface area contributed by atoms with E-state index in [1.165, 1.54) is 0 Å². The number of hydrazine groups is 1. The van der Waals surface area contributed by atoms with Gasteiger partial charge in [0.05, 0.1) is 5.60 Å². The van der Waals surface area contributed by atoms with Crippen LogP contribution in [0, 0.1) is 0 Å². The number of nitrogens with zero attached hydrogens (tertiary/aromatic N) is 1. The molecule has 0 aromatic carbocycles. The predicted octanol–water partition coefficient (Wildman–Crippen LogP) is -0.683. The minimum Gasteiger partial charge on any atom is -0.389 e. The van der Waals surface area contributed by atoms with Gasteiger partial charge < -0.3 is 5.11 Å². The molecule has 3 heteroatoms. The minimum absolute atomic E-state index is 0.533. The molecule has 1 heterocycles. The summed E-state index contributed by atoms with van der Waals surface area (Å²) in [4.78, 5) is 0. The SMILES string of the molecule is C[C@]1(O)CCN(N)C1. The van der Waals surface area contributed by atoms with E-state index >= 15 is 0 Å². The quantitative estimate of drug-likeness (QED) is 0.412. The van der Waals surface area contributed by atoms with Crippen molar-refractivity contribution in [2.75, 3.05) is 13.1 Å². The predicted molar refractivity (Wildman–Crippen MR) is 31.0 cm³/mol. The lowest BCUT2D eigenvalue weighted by Gasteiger charge is -2.14. The summed E-state index contributed by atoms with van der Waals surface area (Å²) < 4.78 is 0. The molecule has 0 aromatic rings. The lowest BCUT2D eigenvalue weighted by molar-refractivity contribution is 0.0689. The first-order chi connectivity index (χ1) is 3.60. The zero-order valence-electron chi connectivity index (χ0n) is 5.09. The van der Waals surface area contributed by atoms with Gasteiger partial charge in [-0.3, -0.25) is 5.84 Å². The maximum Gasteiger partial charge on any atom is 0.0772 e. The summed E-state index contributed by atoms with van der Waals surface area (Å²) in [5.74, 6) is 5.38. The molecule has 1 aliphatic rings. The van der Waals surface area contributed by atoms with Gasteiger partial charge in [0.2, 0.25) is 0 Å². The monoisotopic (exact) mass is 116 g/mol. The second-order valence-electron chi connectivity index (χ2n) is 2.72. The first kappa shape index (κ1) is 6.01. The molecular weight excluding hydrogens is 104 g/mol. The van der Waals surface area contributed by atoms with Gasteiger partial charge in [0.25, 0.3) is 0 Å². The molecule has 0 unspecified atom stereocenters. The fraction of sp³-hybridized carbons (Fsp3) is 1.00. The highest BCUT2D eigenvalue weighted by atomic mass is 16.3. The Kier molecular flexibility index (Phi) is 1.27. The third-order valence-electron chi connectivity index (χ3n) is 1.48. The van der Waals surface area contributed by atoms with Crippen LogP contribution in [0.3, 0.4) is 0 Å². The van der Waals surface area contributed by atoms with Gasteiger partial charge in [-0.2, -0.15) is 0 Å². The minimum atomic E-state index is -0.533. The van der Waals surface area contributed by atoms with Gasteiger partial charge in [-0.15, -0.1) is 0 Å². The van der Waals surface area contributed by atoms with Crippen LogP contribution in [0.1, 0.15) is 13.3 Å². The fourth-order valence-corrected chi connectivity index (χ4v) is 0.980. The smallest absolute Gasteiger partial charge is 0.0772 e. The Bertz CT molecular complexity index is 92.4. The summed E-state index contributed by atoms with van der Waals surface area (Å²) in [6, 6.07) is 0. The van der Waals surface area contributed by atoms with Gasteiger partial charge in [-0.05, 0) is 13.3 Å². The van der Waals surface area contributed by atoms with E-state index in [9.17, 15) is 5.11 Å². The molecule has 8 heavy (non-hydrogen) atoms. The summed E-state index contributed by atoms with van der Waals surface area (Å²) in [5.41, 5.74) is -0.533. The Morgan fingerprint density at radius 1 is 1.75 bits per heavy atom. The van der Waals surface area contributed by atoms with Crippen molar-refractivity contribution in [1.82, 2.24) is 5.01 Å². The molecule has 0 bridgehead atoms. The van der Waals surface area contributed by atoms with Crippen LogP contribution in [0.4, 0.5) is 0 Å². The molecule has 1 aliphatic heterocycles. The van der Waals surface area contributed by atoms with Crippen molar-refractivity contribution in [3.05, 3.63) is 0 Å². The molecular formula is C5H12N2O. The van der Waals surface area contributed by atoms with Crippen LogP contribution in [-0.2, 0) is 0 Å². The molecule has 0 saturated carbocycles. The Morgan fingerprint density at radius 2 is 2.38 bits per heavy atom. The zero-order valence-corrected chi connectivity index (χ0v) is 5.09. The topological polar surface area (TPSA) is 49.5 Å². The van der Waals surface area contributed by atoms with Gasteiger partial charge in [0.1, 0.15) is 0 Å². The molecule has 3 nitrogen and oxygen atoms in total. The number of hydrogen-bond donors (Lipinski definition) is 2. The average molecular weight is 116 g/mol. The Hall–Kier alpha value is -0.120. The third-order valence-corrected chi connectivity index (χ3v) is 1.48. The third kappa shape index (κ3) is 1.18. The summed E-state index contributed by atoms with van der Waals surface area (Å²) in [7, 11) is 0. The highest BCUT2D eigenvalue weighted by Gasteiger charge is 2.29. The van der Waals surface area contributed by atoms with Gasteiger partial charge in [-0.25, -0.2) is 5.01 Å². The lowest BCUT2D eigenvalue weighted by atomic mass is 10.1. The molecule has 0 spiro atoms. The fourth-order valence-electron chi connectivity index (χ4n) is 0.980. The van der Waals surface area contributed by atoms with Crippen LogP contribution in [-0.4, -0.2) is 28.8 Å². The number of hydrogen-bond acceptors (Lipinski definition) is 3. The summed E-state index contributed by atoms with van der Waals surface area (Å²) in [6.45, 7) is 3.22.